The first-order valence-electron chi connectivity index (χ1n) is 4.07. The molecule has 0 spiro atoms. The Bertz CT molecular complexity index is 640. The van der Waals surface area contributed by atoms with Crippen LogP contribution in [0.2, 0.25) is 0 Å². The van der Waals surface area contributed by atoms with Crippen molar-refractivity contribution >= 4 is 10.9 Å². The Kier molecular flexibility index (Phi) is 1.90. The minimum atomic E-state index is -0.702. The van der Waals surface area contributed by atoms with Crippen molar-refractivity contribution in [2.45, 2.75) is 0 Å². The maximum Gasteiger partial charge on any atom is 0.290 e. The molecule has 1 heterocycles. The molecule has 15 heavy (non-hydrogen) atoms. The minimum absolute atomic E-state index is 0.131. The number of nitriles is 1. The Morgan fingerprint density at radius 3 is 2.80 bits per heavy atom. The highest BCUT2D eigenvalue weighted by Crippen LogP contribution is 2.18. The normalized spacial score (nSPS) is 10.1. The van der Waals surface area contributed by atoms with Crippen molar-refractivity contribution in [1.29, 1.82) is 5.26 Å². The lowest BCUT2D eigenvalue weighted by Gasteiger charge is -2.00. The van der Waals surface area contributed by atoms with E-state index >= 15 is 0 Å². The number of nitrogens with one attached hydrogen (secondary N) is 1. The van der Waals surface area contributed by atoms with Gasteiger partial charge in [0.2, 0.25) is 0 Å². The SMILES string of the molecule is N#Cc1cc2cc(O)c(=O)[nH]c2cc1F. The predicted molar refractivity (Wildman–Crippen MR) is 50.9 cm³/mol. The van der Waals surface area contributed by atoms with E-state index in [1.54, 1.807) is 6.07 Å². The predicted octanol–water partition coefficient (Wildman–Crippen LogP) is 1.24. The van der Waals surface area contributed by atoms with Gasteiger partial charge in [0.15, 0.2) is 5.75 Å². The fraction of sp³-hybridized carbons (Fsp3) is 0. The molecule has 2 aromatic rings. The molecule has 0 aliphatic rings. The zero-order valence-electron chi connectivity index (χ0n) is 7.41. The fourth-order valence-corrected chi connectivity index (χ4v) is 1.30. The first kappa shape index (κ1) is 9.21. The van der Waals surface area contributed by atoms with Crippen LogP contribution < -0.4 is 5.56 Å². The molecule has 0 amide bonds. The second kappa shape index (κ2) is 3.10. The number of nitrogens with zero attached hydrogens (tertiary/aromatic N) is 1. The Morgan fingerprint density at radius 2 is 2.13 bits per heavy atom. The van der Waals surface area contributed by atoms with Gasteiger partial charge in [-0.1, -0.05) is 0 Å². The average Bonchev–Trinajstić information content (AvgIpc) is 2.20. The molecule has 0 fully saturated rings. The smallest absolute Gasteiger partial charge is 0.290 e. The molecule has 4 nitrogen and oxygen atoms in total. The molecule has 0 atom stereocenters. The second-order valence-corrected chi connectivity index (χ2v) is 3.01. The van der Waals surface area contributed by atoms with E-state index in [9.17, 15) is 9.18 Å². The number of halogens is 1. The number of aromatic nitrogens is 1. The maximum atomic E-state index is 13.1. The summed E-state index contributed by atoms with van der Waals surface area (Å²) in [6, 6.07) is 5.18. The van der Waals surface area contributed by atoms with Gasteiger partial charge in [0.25, 0.3) is 5.56 Å². The van der Waals surface area contributed by atoms with Gasteiger partial charge in [-0.25, -0.2) is 4.39 Å². The number of pyridine rings is 1. The molecule has 0 bridgehead atoms. The zero-order valence-corrected chi connectivity index (χ0v) is 7.41. The number of H-pyrrole nitrogens is 1. The van der Waals surface area contributed by atoms with E-state index in [4.69, 9.17) is 10.4 Å². The van der Waals surface area contributed by atoms with Crippen LogP contribution in [0, 0.1) is 17.1 Å². The van der Waals surface area contributed by atoms with Gasteiger partial charge in [-0.05, 0) is 18.2 Å². The third kappa shape index (κ3) is 1.42. The van der Waals surface area contributed by atoms with E-state index in [1.165, 1.54) is 12.1 Å². The van der Waals surface area contributed by atoms with E-state index in [2.05, 4.69) is 4.98 Å². The molecule has 74 valence electrons. The average molecular weight is 204 g/mol. The van der Waals surface area contributed by atoms with Crippen molar-refractivity contribution in [2.75, 3.05) is 0 Å². The van der Waals surface area contributed by atoms with Crippen LogP contribution >= 0.6 is 0 Å². The standard InChI is InChI=1S/C10H5FN2O2/c11-7-3-8-5(1-6(7)4-12)2-9(14)10(15)13-8/h1-3,14H,(H,13,15). The number of rotatable bonds is 0. The van der Waals surface area contributed by atoms with Crippen LogP contribution in [0.15, 0.2) is 23.0 Å². The minimum Gasteiger partial charge on any atom is -0.503 e. The molecule has 5 heteroatoms. The number of benzene rings is 1. The highest BCUT2D eigenvalue weighted by Gasteiger charge is 2.06. The van der Waals surface area contributed by atoms with Crippen molar-refractivity contribution in [3.05, 3.63) is 39.9 Å². The molecule has 0 radical (unpaired) electrons. The number of aromatic hydroxyl groups is 1. The van der Waals surface area contributed by atoms with Gasteiger partial charge >= 0.3 is 0 Å². The molecular weight excluding hydrogens is 199 g/mol. The Labute approximate surface area is 83.2 Å². The van der Waals surface area contributed by atoms with Gasteiger partial charge in [-0.3, -0.25) is 4.79 Å². The largest absolute Gasteiger partial charge is 0.503 e. The molecule has 0 unspecified atom stereocenters. The number of fused-ring (bicyclic) bond motifs is 1. The van der Waals surface area contributed by atoms with Crippen LogP contribution in [0.3, 0.4) is 0 Å². The van der Waals surface area contributed by atoms with Crippen LogP contribution in [0.4, 0.5) is 4.39 Å². The lowest BCUT2D eigenvalue weighted by Crippen LogP contribution is -2.04. The summed E-state index contributed by atoms with van der Waals surface area (Å²) in [4.78, 5) is 13.3. The number of hydrogen-bond donors (Lipinski definition) is 2. The van der Waals surface area contributed by atoms with Gasteiger partial charge < -0.3 is 10.1 Å². The molecule has 0 aliphatic carbocycles. The molecule has 0 saturated carbocycles. The van der Waals surface area contributed by atoms with Crippen LogP contribution in [-0.2, 0) is 0 Å². The van der Waals surface area contributed by atoms with Gasteiger partial charge in [0.05, 0.1) is 11.1 Å². The third-order valence-electron chi connectivity index (χ3n) is 2.03. The summed E-state index contributed by atoms with van der Waals surface area (Å²) in [6.45, 7) is 0. The quantitative estimate of drug-likeness (QED) is 0.677. The summed E-state index contributed by atoms with van der Waals surface area (Å²) in [5.41, 5.74) is -0.574. The molecular formula is C10H5FN2O2. The Balaban J connectivity index is 2.90. The zero-order chi connectivity index (χ0) is 11.0. The summed E-state index contributed by atoms with van der Waals surface area (Å²) < 4.78 is 13.1. The topological polar surface area (TPSA) is 76.9 Å². The first-order chi connectivity index (χ1) is 7.11. The molecule has 1 aromatic heterocycles. The van der Waals surface area contributed by atoms with E-state index in [1.807, 2.05) is 0 Å². The summed E-state index contributed by atoms with van der Waals surface area (Å²) in [5.74, 6) is -1.16. The highest BCUT2D eigenvalue weighted by molar-refractivity contribution is 5.81. The van der Waals surface area contributed by atoms with E-state index in [0.717, 1.165) is 6.07 Å². The molecule has 0 saturated heterocycles. The lowest BCUT2D eigenvalue weighted by atomic mass is 10.1. The van der Waals surface area contributed by atoms with Crippen molar-refractivity contribution in [1.82, 2.24) is 4.98 Å². The molecule has 0 aliphatic heterocycles. The number of hydrogen-bond acceptors (Lipinski definition) is 3. The van der Waals surface area contributed by atoms with Crippen LogP contribution in [0.1, 0.15) is 5.56 Å². The van der Waals surface area contributed by atoms with E-state index in [-0.39, 0.29) is 11.1 Å². The monoisotopic (exact) mass is 204 g/mol. The third-order valence-corrected chi connectivity index (χ3v) is 2.03. The molecule has 2 N–H and O–H groups in total. The summed E-state index contributed by atoms with van der Waals surface area (Å²) in [5, 5.41) is 18.1. The Hall–Kier alpha value is -2.35. The Morgan fingerprint density at radius 1 is 1.40 bits per heavy atom. The summed E-state index contributed by atoms with van der Waals surface area (Å²) >= 11 is 0. The van der Waals surface area contributed by atoms with E-state index in [0.29, 0.717) is 5.39 Å². The van der Waals surface area contributed by atoms with Crippen molar-refractivity contribution in [2.24, 2.45) is 0 Å². The molecule has 1 aromatic carbocycles. The first-order valence-corrected chi connectivity index (χ1v) is 4.07. The fourth-order valence-electron chi connectivity index (χ4n) is 1.30. The second-order valence-electron chi connectivity index (χ2n) is 3.01. The van der Waals surface area contributed by atoms with Crippen molar-refractivity contribution in [3.8, 4) is 11.8 Å². The van der Waals surface area contributed by atoms with Gasteiger partial charge in [0, 0.05) is 5.39 Å². The summed E-state index contributed by atoms with van der Waals surface area (Å²) in [6.07, 6.45) is 0. The van der Waals surface area contributed by atoms with Gasteiger partial charge in [-0.2, -0.15) is 5.26 Å². The van der Waals surface area contributed by atoms with Crippen molar-refractivity contribution in [3.63, 3.8) is 0 Å². The highest BCUT2D eigenvalue weighted by atomic mass is 19.1. The summed E-state index contributed by atoms with van der Waals surface area (Å²) in [7, 11) is 0. The van der Waals surface area contributed by atoms with Crippen LogP contribution in [-0.4, -0.2) is 10.1 Å². The van der Waals surface area contributed by atoms with Crippen LogP contribution in [0.25, 0.3) is 10.9 Å². The van der Waals surface area contributed by atoms with E-state index < -0.39 is 17.1 Å². The lowest BCUT2D eigenvalue weighted by molar-refractivity contribution is 0.468. The maximum absolute atomic E-state index is 13.1. The van der Waals surface area contributed by atoms with Crippen LogP contribution in [0.5, 0.6) is 5.75 Å². The van der Waals surface area contributed by atoms with Crippen molar-refractivity contribution < 1.29 is 9.50 Å². The molecule has 2 rings (SSSR count). The number of aromatic amines is 1. The van der Waals surface area contributed by atoms with Gasteiger partial charge in [-0.15, -0.1) is 0 Å². The van der Waals surface area contributed by atoms with Gasteiger partial charge in [0.1, 0.15) is 11.9 Å².